The van der Waals surface area contributed by atoms with Crippen LogP contribution in [-0.2, 0) is 16.0 Å². The summed E-state index contributed by atoms with van der Waals surface area (Å²) < 4.78 is 4.97. The highest BCUT2D eigenvalue weighted by atomic mass is 79.9. The SMILES string of the molecule is O=C(CCBr)N1C(=O)OCC1Cc1ccccc1. The van der Waals surface area contributed by atoms with Gasteiger partial charge in [0.05, 0.1) is 6.04 Å². The maximum Gasteiger partial charge on any atom is 0.416 e. The first kappa shape index (κ1) is 13.1. The Bertz CT molecular complexity index is 435. The van der Waals surface area contributed by atoms with Crippen molar-refractivity contribution >= 4 is 27.9 Å². The predicted molar refractivity (Wildman–Crippen MR) is 70.5 cm³/mol. The molecular formula is C13H14BrNO3. The van der Waals surface area contributed by atoms with E-state index >= 15 is 0 Å². The summed E-state index contributed by atoms with van der Waals surface area (Å²) >= 11 is 3.20. The molecule has 1 fully saturated rings. The molecule has 2 rings (SSSR count). The molecule has 2 amide bonds. The molecule has 0 saturated carbocycles. The summed E-state index contributed by atoms with van der Waals surface area (Å²) in [5.41, 5.74) is 1.09. The summed E-state index contributed by atoms with van der Waals surface area (Å²) in [6, 6.07) is 9.60. The van der Waals surface area contributed by atoms with Crippen LogP contribution < -0.4 is 0 Å². The molecule has 0 bridgehead atoms. The van der Waals surface area contributed by atoms with E-state index in [1.807, 2.05) is 30.3 Å². The standard InChI is InChI=1S/C13H14BrNO3/c14-7-6-12(16)15-11(9-18-13(15)17)8-10-4-2-1-3-5-10/h1-5,11H,6-9H2. The molecule has 1 heterocycles. The molecule has 1 aromatic carbocycles. The van der Waals surface area contributed by atoms with E-state index < -0.39 is 6.09 Å². The molecule has 1 unspecified atom stereocenters. The van der Waals surface area contributed by atoms with Gasteiger partial charge in [-0.1, -0.05) is 46.3 Å². The zero-order valence-corrected chi connectivity index (χ0v) is 11.4. The molecule has 0 aliphatic carbocycles. The van der Waals surface area contributed by atoms with Crippen molar-refractivity contribution in [1.29, 1.82) is 0 Å². The van der Waals surface area contributed by atoms with E-state index in [0.29, 0.717) is 18.2 Å². The van der Waals surface area contributed by atoms with Gasteiger partial charge in [-0.25, -0.2) is 9.69 Å². The van der Waals surface area contributed by atoms with E-state index in [4.69, 9.17) is 4.74 Å². The van der Waals surface area contributed by atoms with Crippen LogP contribution in [0.1, 0.15) is 12.0 Å². The lowest BCUT2D eigenvalue weighted by molar-refractivity contribution is -0.128. The number of carbonyl (C=O) groups excluding carboxylic acids is 2. The smallest absolute Gasteiger partial charge is 0.416 e. The molecule has 5 heteroatoms. The van der Waals surface area contributed by atoms with Crippen molar-refractivity contribution in [2.75, 3.05) is 11.9 Å². The first-order valence-corrected chi connectivity index (χ1v) is 6.93. The Kier molecular flexibility index (Phi) is 4.36. The van der Waals surface area contributed by atoms with Crippen LogP contribution in [0.4, 0.5) is 4.79 Å². The third kappa shape index (κ3) is 2.90. The average molecular weight is 312 g/mol. The third-order valence-electron chi connectivity index (χ3n) is 2.85. The topological polar surface area (TPSA) is 46.6 Å². The number of rotatable bonds is 4. The molecule has 1 aliphatic heterocycles. The van der Waals surface area contributed by atoms with Gasteiger partial charge in [-0.15, -0.1) is 0 Å². The molecule has 0 spiro atoms. The van der Waals surface area contributed by atoms with Gasteiger partial charge in [-0.05, 0) is 12.0 Å². The summed E-state index contributed by atoms with van der Waals surface area (Å²) in [7, 11) is 0. The average Bonchev–Trinajstić information content (AvgIpc) is 2.72. The highest BCUT2D eigenvalue weighted by molar-refractivity contribution is 9.09. The number of alkyl halides is 1. The number of benzene rings is 1. The summed E-state index contributed by atoms with van der Waals surface area (Å²) in [6.45, 7) is 0.280. The van der Waals surface area contributed by atoms with Crippen molar-refractivity contribution in [2.24, 2.45) is 0 Å². The van der Waals surface area contributed by atoms with E-state index in [0.717, 1.165) is 5.56 Å². The number of amides is 2. The lowest BCUT2D eigenvalue weighted by Gasteiger charge is -2.19. The Morgan fingerprint density at radius 2 is 2.11 bits per heavy atom. The van der Waals surface area contributed by atoms with E-state index in [2.05, 4.69) is 15.9 Å². The number of hydrogen-bond donors (Lipinski definition) is 0. The second-order valence-electron chi connectivity index (χ2n) is 4.12. The van der Waals surface area contributed by atoms with Crippen LogP contribution in [0.25, 0.3) is 0 Å². The Balaban J connectivity index is 2.07. The summed E-state index contributed by atoms with van der Waals surface area (Å²) in [6.07, 6.45) is 0.419. The maximum atomic E-state index is 11.9. The van der Waals surface area contributed by atoms with Crippen molar-refractivity contribution in [3.8, 4) is 0 Å². The minimum absolute atomic E-state index is 0.185. The van der Waals surface area contributed by atoms with Gasteiger partial charge in [0.2, 0.25) is 5.91 Å². The van der Waals surface area contributed by atoms with Gasteiger partial charge in [-0.2, -0.15) is 0 Å². The highest BCUT2D eigenvalue weighted by Gasteiger charge is 2.37. The van der Waals surface area contributed by atoms with Gasteiger partial charge in [0.25, 0.3) is 0 Å². The number of halogens is 1. The normalized spacial score (nSPS) is 18.8. The molecule has 1 saturated heterocycles. The van der Waals surface area contributed by atoms with Crippen LogP contribution >= 0.6 is 15.9 Å². The zero-order valence-electron chi connectivity index (χ0n) is 9.84. The molecule has 0 N–H and O–H groups in total. The summed E-state index contributed by atoms with van der Waals surface area (Å²) in [5.74, 6) is -0.185. The van der Waals surface area contributed by atoms with Gasteiger partial charge in [-0.3, -0.25) is 4.79 Å². The summed E-state index contributed by atoms with van der Waals surface area (Å²) in [5, 5.41) is 0.549. The minimum Gasteiger partial charge on any atom is -0.447 e. The Morgan fingerprint density at radius 3 is 2.78 bits per heavy atom. The van der Waals surface area contributed by atoms with Crippen LogP contribution in [0.2, 0.25) is 0 Å². The molecule has 0 radical (unpaired) electrons. The number of cyclic esters (lactones) is 1. The summed E-state index contributed by atoms with van der Waals surface area (Å²) in [4.78, 5) is 24.7. The largest absolute Gasteiger partial charge is 0.447 e. The second kappa shape index (κ2) is 6.00. The van der Waals surface area contributed by atoms with Crippen molar-refractivity contribution in [3.63, 3.8) is 0 Å². The van der Waals surface area contributed by atoms with Gasteiger partial charge in [0.15, 0.2) is 0 Å². The second-order valence-corrected chi connectivity index (χ2v) is 4.92. The fourth-order valence-electron chi connectivity index (χ4n) is 2.00. The third-order valence-corrected chi connectivity index (χ3v) is 3.25. The van der Waals surface area contributed by atoms with Crippen LogP contribution in [-0.4, -0.2) is 34.9 Å². The number of hydrogen-bond acceptors (Lipinski definition) is 3. The first-order valence-electron chi connectivity index (χ1n) is 5.81. The lowest BCUT2D eigenvalue weighted by atomic mass is 10.1. The maximum absolute atomic E-state index is 11.9. The van der Waals surface area contributed by atoms with Crippen molar-refractivity contribution in [1.82, 2.24) is 4.90 Å². The van der Waals surface area contributed by atoms with E-state index in [1.165, 1.54) is 4.90 Å². The minimum atomic E-state index is -0.526. The molecular weight excluding hydrogens is 298 g/mol. The monoisotopic (exact) mass is 311 g/mol. The Hall–Kier alpha value is -1.36. The molecule has 1 atom stereocenters. The van der Waals surface area contributed by atoms with Crippen LogP contribution in [0.15, 0.2) is 30.3 Å². The Labute approximate surface area is 114 Å². The van der Waals surface area contributed by atoms with Crippen molar-refractivity contribution in [2.45, 2.75) is 18.9 Å². The van der Waals surface area contributed by atoms with Crippen LogP contribution in [0.3, 0.4) is 0 Å². The predicted octanol–water partition coefficient (Wildman–Crippen LogP) is 2.36. The number of imide groups is 1. The van der Waals surface area contributed by atoms with Gasteiger partial charge >= 0.3 is 6.09 Å². The number of ether oxygens (including phenoxy) is 1. The highest BCUT2D eigenvalue weighted by Crippen LogP contribution is 2.18. The van der Waals surface area contributed by atoms with Crippen molar-refractivity contribution in [3.05, 3.63) is 35.9 Å². The van der Waals surface area contributed by atoms with E-state index in [9.17, 15) is 9.59 Å². The molecule has 1 aliphatic rings. The van der Waals surface area contributed by atoms with Crippen molar-refractivity contribution < 1.29 is 14.3 Å². The molecule has 0 aromatic heterocycles. The van der Waals surface area contributed by atoms with Gasteiger partial charge in [0, 0.05) is 11.8 Å². The van der Waals surface area contributed by atoms with Gasteiger partial charge < -0.3 is 4.74 Å². The Morgan fingerprint density at radius 1 is 1.39 bits per heavy atom. The van der Waals surface area contributed by atoms with E-state index in [-0.39, 0.29) is 18.6 Å². The zero-order chi connectivity index (χ0) is 13.0. The molecule has 96 valence electrons. The fourth-order valence-corrected chi connectivity index (χ4v) is 2.34. The molecule has 1 aromatic rings. The molecule has 4 nitrogen and oxygen atoms in total. The first-order chi connectivity index (χ1) is 8.72. The quantitative estimate of drug-likeness (QED) is 0.802. The number of nitrogens with zero attached hydrogens (tertiary/aromatic N) is 1. The fraction of sp³-hybridized carbons (Fsp3) is 0.385. The molecule has 18 heavy (non-hydrogen) atoms. The van der Waals surface area contributed by atoms with Crippen LogP contribution in [0, 0.1) is 0 Å². The van der Waals surface area contributed by atoms with Crippen LogP contribution in [0.5, 0.6) is 0 Å². The lowest BCUT2D eigenvalue weighted by Crippen LogP contribution is -2.40. The van der Waals surface area contributed by atoms with Gasteiger partial charge in [0.1, 0.15) is 6.61 Å². The number of carbonyl (C=O) groups is 2. The van der Waals surface area contributed by atoms with E-state index in [1.54, 1.807) is 0 Å².